The van der Waals surface area contributed by atoms with Crippen molar-refractivity contribution in [2.24, 2.45) is 0 Å². The number of hydrogen-bond donors (Lipinski definition) is 0. The Balaban J connectivity index is 2.12. The molecule has 3 aromatic carbocycles. The van der Waals surface area contributed by atoms with Gasteiger partial charge in [-0.25, -0.2) is 0 Å². The molecule has 0 heterocycles. The molecule has 0 N–H and O–H groups in total. The molecule has 2 unspecified atom stereocenters. The molecule has 2 atom stereocenters. The van der Waals surface area contributed by atoms with E-state index < -0.39 is 12.0 Å². The van der Waals surface area contributed by atoms with E-state index in [1.165, 1.54) is 13.8 Å². The number of halogens is 2. The molecule has 0 saturated carbocycles. The molecule has 170 valence electrons. The molecule has 0 spiro atoms. The van der Waals surface area contributed by atoms with Crippen molar-refractivity contribution in [1.82, 2.24) is 4.90 Å². The number of carbonyl (C=O) groups excluding carboxylic acids is 2. The van der Waals surface area contributed by atoms with Crippen molar-refractivity contribution in [3.8, 4) is 5.75 Å². The van der Waals surface area contributed by atoms with Crippen LogP contribution >= 0.6 is 23.2 Å². The minimum atomic E-state index is -0.422. The summed E-state index contributed by atoms with van der Waals surface area (Å²) in [6.45, 7) is 7.17. The Kier molecular flexibility index (Phi) is 8.32. The van der Waals surface area contributed by atoms with Crippen LogP contribution in [0.15, 0.2) is 85.5 Å². The van der Waals surface area contributed by atoms with Gasteiger partial charge in [-0.1, -0.05) is 71.7 Å². The highest BCUT2D eigenvalue weighted by atomic mass is 35.5. The van der Waals surface area contributed by atoms with Crippen molar-refractivity contribution in [3.05, 3.63) is 112 Å². The molecule has 0 aliphatic carbocycles. The van der Waals surface area contributed by atoms with Gasteiger partial charge < -0.3 is 9.64 Å². The lowest BCUT2D eigenvalue weighted by Gasteiger charge is -2.36. The summed E-state index contributed by atoms with van der Waals surface area (Å²) in [4.78, 5) is 26.4. The zero-order valence-electron chi connectivity index (χ0n) is 18.5. The number of para-hydroxylation sites is 1. The first kappa shape index (κ1) is 24.6. The van der Waals surface area contributed by atoms with Crippen molar-refractivity contribution in [1.29, 1.82) is 0 Å². The second-order valence-corrected chi connectivity index (χ2v) is 8.53. The Hall–Kier alpha value is -3.08. The van der Waals surface area contributed by atoms with Crippen molar-refractivity contribution in [3.63, 3.8) is 0 Å². The van der Waals surface area contributed by atoms with Gasteiger partial charge in [0.15, 0.2) is 0 Å². The van der Waals surface area contributed by atoms with Gasteiger partial charge in [0.05, 0.1) is 6.04 Å². The first-order chi connectivity index (χ1) is 15.8. The molecule has 3 rings (SSSR count). The van der Waals surface area contributed by atoms with Crippen LogP contribution in [0.1, 0.15) is 42.5 Å². The van der Waals surface area contributed by atoms with Gasteiger partial charge in [-0.15, -0.1) is 6.58 Å². The third-order valence-electron chi connectivity index (χ3n) is 5.35. The average Bonchev–Trinajstić information content (AvgIpc) is 2.77. The van der Waals surface area contributed by atoms with Crippen LogP contribution < -0.4 is 4.74 Å². The summed E-state index contributed by atoms with van der Waals surface area (Å²) in [6.07, 6.45) is 1.82. The molecule has 0 aromatic heterocycles. The Morgan fingerprint density at radius 1 is 0.939 bits per heavy atom. The SMILES string of the molecule is C=CC(c1cccc(Cl)c1)C(c1ccc(Cl)cc1)N(Cc1ccccc1OC(C)=O)C(C)=O. The molecular weight excluding hydrogens is 457 g/mol. The van der Waals surface area contributed by atoms with Crippen LogP contribution in [0, 0.1) is 0 Å². The van der Waals surface area contributed by atoms with E-state index in [1.807, 2.05) is 48.5 Å². The van der Waals surface area contributed by atoms with E-state index in [9.17, 15) is 9.59 Å². The fourth-order valence-electron chi connectivity index (χ4n) is 3.88. The van der Waals surface area contributed by atoms with Crippen molar-refractivity contribution in [2.45, 2.75) is 32.4 Å². The molecule has 0 bridgehead atoms. The summed E-state index contributed by atoms with van der Waals surface area (Å²) in [6, 6.07) is 21.7. The number of esters is 1. The summed E-state index contributed by atoms with van der Waals surface area (Å²) < 4.78 is 5.38. The van der Waals surface area contributed by atoms with E-state index in [0.717, 1.165) is 16.7 Å². The minimum Gasteiger partial charge on any atom is -0.426 e. The molecule has 1 amide bonds. The molecule has 0 aliphatic rings. The van der Waals surface area contributed by atoms with Gasteiger partial charge in [0.25, 0.3) is 0 Å². The summed E-state index contributed by atoms with van der Waals surface area (Å²) in [5.74, 6) is -0.394. The lowest BCUT2D eigenvalue weighted by Crippen LogP contribution is -2.36. The highest BCUT2D eigenvalue weighted by molar-refractivity contribution is 6.30. The van der Waals surface area contributed by atoms with Gasteiger partial charge in [0.1, 0.15) is 5.75 Å². The highest BCUT2D eigenvalue weighted by Crippen LogP contribution is 2.39. The summed E-state index contributed by atoms with van der Waals surface area (Å²) >= 11 is 12.4. The zero-order valence-corrected chi connectivity index (χ0v) is 20.0. The summed E-state index contributed by atoms with van der Waals surface area (Å²) in [5, 5.41) is 1.20. The van der Waals surface area contributed by atoms with Crippen molar-refractivity contribution < 1.29 is 14.3 Å². The first-order valence-electron chi connectivity index (χ1n) is 10.5. The van der Waals surface area contributed by atoms with E-state index in [4.69, 9.17) is 27.9 Å². The largest absolute Gasteiger partial charge is 0.426 e. The van der Waals surface area contributed by atoms with Gasteiger partial charge in [-0.05, 0) is 41.5 Å². The van der Waals surface area contributed by atoms with E-state index in [-0.39, 0.29) is 18.4 Å². The normalized spacial score (nSPS) is 12.5. The molecular formula is C27H25Cl2NO3. The zero-order chi connectivity index (χ0) is 24.0. The predicted octanol–water partition coefficient (Wildman–Crippen LogP) is 6.98. The molecule has 0 saturated heterocycles. The van der Waals surface area contributed by atoms with Crippen molar-refractivity contribution in [2.75, 3.05) is 0 Å². The lowest BCUT2D eigenvalue weighted by molar-refractivity contribution is -0.132. The minimum absolute atomic E-state index is 0.138. The van der Waals surface area contributed by atoms with E-state index in [2.05, 4.69) is 6.58 Å². The van der Waals surface area contributed by atoms with Gasteiger partial charge in [-0.3, -0.25) is 9.59 Å². The Morgan fingerprint density at radius 2 is 1.64 bits per heavy atom. The quantitative estimate of drug-likeness (QED) is 0.198. The number of rotatable bonds is 8. The number of carbonyl (C=O) groups is 2. The van der Waals surface area contributed by atoms with Crippen LogP contribution in [0.25, 0.3) is 0 Å². The topological polar surface area (TPSA) is 46.6 Å². The maximum Gasteiger partial charge on any atom is 0.308 e. The molecule has 6 heteroatoms. The number of nitrogens with zero attached hydrogens (tertiary/aromatic N) is 1. The lowest BCUT2D eigenvalue weighted by atomic mass is 9.85. The predicted molar refractivity (Wildman–Crippen MR) is 133 cm³/mol. The van der Waals surface area contributed by atoms with Gasteiger partial charge in [0, 0.05) is 41.9 Å². The van der Waals surface area contributed by atoms with Gasteiger partial charge >= 0.3 is 5.97 Å². The Bertz CT molecular complexity index is 1140. The van der Waals surface area contributed by atoms with Crippen LogP contribution in [-0.2, 0) is 16.1 Å². The van der Waals surface area contributed by atoms with Crippen LogP contribution in [0.4, 0.5) is 0 Å². The smallest absolute Gasteiger partial charge is 0.308 e. The number of benzene rings is 3. The molecule has 0 fully saturated rings. The molecule has 0 aliphatic heterocycles. The van der Waals surface area contributed by atoms with Crippen LogP contribution in [0.3, 0.4) is 0 Å². The van der Waals surface area contributed by atoms with E-state index in [0.29, 0.717) is 15.8 Å². The third kappa shape index (κ3) is 6.25. The Labute approximate surface area is 204 Å². The van der Waals surface area contributed by atoms with Crippen LogP contribution in [0.2, 0.25) is 10.0 Å². The molecule has 0 radical (unpaired) electrons. The standard InChI is InChI=1S/C27H25Cl2NO3/c1-4-25(21-9-7-10-24(29)16-21)27(20-12-14-23(28)15-13-20)30(18(2)31)17-22-8-5-6-11-26(22)33-19(3)32/h4-16,25,27H,1,17H2,2-3H3. The third-order valence-corrected chi connectivity index (χ3v) is 5.83. The average molecular weight is 482 g/mol. The second kappa shape index (κ2) is 11.2. The number of hydrogen-bond acceptors (Lipinski definition) is 3. The molecule has 3 aromatic rings. The molecule has 33 heavy (non-hydrogen) atoms. The highest BCUT2D eigenvalue weighted by Gasteiger charge is 2.31. The van der Waals surface area contributed by atoms with Gasteiger partial charge in [-0.2, -0.15) is 0 Å². The van der Waals surface area contributed by atoms with E-state index in [1.54, 1.807) is 35.2 Å². The number of amides is 1. The number of ether oxygens (including phenoxy) is 1. The maximum absolute atomic E-state index is 13.0. The Morgan fingerprint density at radius 3 is 2.24 bits per heavy atom. The maximum atomic E-state index is 13.0. The van der Waals surface area contributed by atoms with Crippen LogP contribution in [0.5, 0.6) is 5.75 Å². The summed E-state index contributed by atoms with van der Waals surface area (Å²) in [7, 11) is 0. The fourth-order valence-corrected chi connectivity index (χ4v) is 4.20. The van der Waals surface area contributed by atoms with Crippen molar-refractivity contribution >= 4 is 35.1 Å². The van der Waals surface area contributed by atoms with Crippen LogP contribution in [-0.4, -0.2) is 16.8 Å². The van der Waals surface area contributed by atoms with E-state index >= 15 is 0 Å². The summed E-state index contributed by atoms with van der Waals surface area (Å²) in [5.41, 5.74) is 2.54. The second-order valence-electron chi connectivity index (χ2n) is 7.66. The monoisotopic (exact) mass is 481 g/mol. The first-order valence-corrected chi connectivity index (χ1v) is 11.2. The molecule has 4 nitrogen and oxygen atoms in total. The van der Waals surface area contributed by atoms with Gasteiger partial charge in [0.2, 0.25) is 5.91 Å². The fraction of sp³-hybridized carbons (Fsp3) is 0.185.